The average Bonchev–Trinajstić information content (AvgIpc) is 2.50. The molecule has 0 aromatic heterocycles. The molecule has 0 saturated heterocycles. The minimum atomic E-state index is -0.0657. The normalized spacial score (nSPS) is 13.8. The monoisotopic (exact) mass is 304 g/mol. The zero-order valence-corrected chi connectivity index (χ0v) is 14.7. The van der Waals surface area contributed by atoms with Gasteiger partial charge in [-0.05, 0) is 39.7 Å². The van der Waals surface area contributed by atoms with Crippen LogP contribution in [0.5, 0.6) is 0 Å². The molecule has 1 atom stereocenters. The zero-order chi connectivity index (χ0) is 16.4. The highest BCUT2D eigenvalue weighted by molar-refractivity contribution is 5.79. The van der Waals surface area contributed by atoms with Gasteiger partial charge in [-0.15, -0.1) is 0 Å². The Morgan fingerprint density at radius 3 is 2.41 bits per heavy atom. The van der Waals surface area contributed by atoms with E-state index in [1.54, 1.807) is 0 Å². The van der Waals surface area contributed by atoms with E-state index in [1.807, 2.05) is 6.07 Å². The first-order valence-corrected chi connectivity index (χ1v) is 8.33. The van der Waals surface area contributed by atoms with E-state index in [2.05, 4.69) is 74.8 Å². The second kappa shape index (κ2) is 9.46. The smallest absolute Gasteiger partial charge is 0.191 e. The molecule has 124 valence electrons. The predicted octanol–water partition coefficient (Wildman–Crippen LogP) is 3.08. The van der Waals surface area contributed by atoms with Crippen LogP contribution in [0.25, 0.3) is 0 Å². The van der Waals surface area contributed by atoms with Crippen molar-refractivity contribution in [2.24, 2.45) is 4.99 Å². The van der Waals surface area contributed by atoms with Gasteiger partial charge in [0.2, 0.25) is 0 Å². The van der Waals surface area contributed by atoms with Crippen molar-refractivity contribution in [3.63, 3.8) is 0 Å². The summed E-state index contributed by atoms with van der Waals surface area (Å²) in [6.07, 6.45) is 1.09. The predicted molar refractivity (Wildman–Crippen MR) is 96.3 cm³/mol. The van der Waals surface area contributed by atoms with Gasteiger partial charge < -0.3 is 16.0 Å². The maximum absolute atomic E-state index is 4.70. The number of aliphatic imine (C=N–C) groups is 1. The fourth-order valence-electron chi connectivity index (χ4n) is 2.32. The van der Waals surface area contributed by atoms with Crippen LogP contribution < -0.4 is 16.0 Å². The van der Waals surface area contributed by atoms with E-state index in [0.717, 1.165) is 32.0 Å². The van der Waals surface area contributed by atoms with Crippen molar-refractivity contribution < 1.29 is 0 Å². The van der Waals surface area contributed by atoms with Crippen LogP contribution in [0.2, 0.25) is 0 Å². The molecule has 0 aliphatic heterocycles. The van der Waals surface area contributed by atoms with Crippen molar-refractivity contribution in [2.75, 3.05) is 19.6 Å². The number of hydrogen-bond acceptors (Lipinski definition) is 2. The van der Waals surface area contributed by atoms with E-state index in [0.29, 0.717) is 6.04 Å². The maximum atomic E-state index is 4.70. The molecular formula is C18H32N4. The number of guanidine groups is 1. The van der Waals surface area contributed by atoms with E-state index in [1.165, 1.54) is 5.56 Å². The standard InChI is InChI=1S/C18H32N4/c1-6-13-20-17(19-7-2)21-14-18(4,5)22-15(3)16-11-9-8-10-12-16/h8-12,15,22H,6-7,13-14H2,1-5H3,(H2,19,20,21). The topological polar surface area (TPSA) is 48.5 Å². The summed E-state index contributed by atoms with van der Waals surface area (Å²) in [6.45, 7) is 13.4. The third-order valence-corrected chi connectivity index (χ3v) is 3.43. The molecule has 0 radical (unpaired) electrons. The van der Waals surface area contributed by atoms with Gasteiger partial charge in [-0.1, -0.05) is 37.3 Å². The van der Waals surface area contributed by atoms with Gasteiger partial charge in [0.05, 0.1) is 6.54 Å². The van der Waals surface area contributed by atoms with E-state index >= 15 is 0 Å². The summed E-state index contributed by atoms with van der Waals surface area (Å²) in [5.74, 6) is 0.895. The molecule has 4 nitrogen and oxygen atoms in total. The first-order chi connectivity index (χ1) is 10.5. The highest BCUT2D eigenvalue weighted by atomic mass is 15.2. The highest BCUT2D eigenvalue weighted by Gasteiger charge is 2.20. The van der Waals surface area contributed by atoms with Gasteiger partial charge >= 0.3 is 0 Å². The van der Waals surface area contributed by atoms with Crippen LogP contribution in [0.1, 0.15) is 52.6 Å². The minimum absolute atomic E-state index is 0.0657. The zero-order valence-electron chi connectivity index (χ0n) is 14.7. The number of benzene rings is 1. The molecule has 0 heterocycles. The van der Waals surface area contributed by atoms with E-state index < -0.39 is 0 Å². The summed E-state index contributed by atoms with van der Waals surface area (Å²) in [5, 5.41) is 10.3. The SMILES string of the molecule is CCCNC(=NCC(C)(C)NC(C)c1ccccc1)NCC. The third-order valence-electron chi connectivity index (χ3n) is 3.43. The molecule has 1 rings (SSSR count). The second-order valence-corrected chi connectivity index (χ2v) is 6.28. The Kier molecular flexibility index (Phi) is 7.96. The first kappa shape index (κ1) is 18.5. The van der Waals surface area contributed by atoms with Gasteiger partial charge in [0.15, 0.2) is 5.96 Å². The van der Waals surface area contributed by atoms with Crippen LogP contribution in [0.4, 0.5) is 0 Å². The molecular weight excluding hydrogens is 272 g/mol. The van der Waals surface area contributed by atoms with Crippen LogP contribution in [-0.2, 0) is 0 Å². The highest BCUT2D eigenvalue weighted by Crippen LogP contribution is 2.16. The van der Waals surface area contributed by atoms with Crippen molar-refractivity contribution in [1.29, 1.82) is 0 Å². The van der Waals surface area contributed by atoms with Gasteiger partial charge in [0.1, 0.15) is 0 Å². The molecule has 0 bridgehead atoms. The Labute approximate surface area is 135 Å². The van der Waals surface area contributed by atoms with Crippen molar-refractivity contribution in [1.82, 2.24) is 16.0 Å². The van der Waals surface area contributed by atoms with Gasteiger partial charge in [0.25, 0.3) is 0 Å². The number of nitrogens with one attached hydrogen (secondary N) is 3. The molecule has 4 heteroatoms. The van der Waals surface area contributed by atoms with Crippen LogP contribution in [-0.4, -0.2) is 31.1 Å². The lowest BCUT2D eigenvalue weighted by Crippen LogP contribution is -2.45. The molecule has 0 saturated carbocycles. The van der Waals surface area contributed by atoms with Gasteiger partial charge in [-0.2, -0.15) is 0 Å². The molecule has 3 N–H and O–H groups in total. The molecule has 1 aromatic rings. The van der Waals surface area contributed by atoms with Crippen LogP contribution in [0.15, 0.2) is 35.3 Å². The van der Waals surface area contributed by atoms with Crippen LogP contribution in [0, 0.1) is 0 Å². The molecule has 0 aliphatic rings. The fraction of sp³-hybridized carbons (Fsp3) is 0.611. The lowest BCUT2D eigenvalue weighted by molar-refractivity contribution is 0.356. The number of hydrogen-bond donors (Lipinski definition) is 3. The molecule has 22 heavy (non-hydrogen) atoms. The Morgan fingerprint density at radius 1 is 1.14 bits per heavy atom. The Bertz CT molecular complexity index is 440. The average molecular weight is 304 g/mol. The third kappa shape index (κ3) is 6.94. The lowest BCUT2D eigenvalue weighted by atomic mass is 10.0. The second-order valence-electron chi connectivity index (χ2n) is 6.28. The fourth-order valence-corrected chi connectivity index (χ4v) is 2.32. The molecule has 0 spiro atoms. The summed E-state index contributed by atoms with van der Waals surface area (Å²) in [5.41, 5.74) is 1.24. The van der Waals surface area contributed by atoms with Gasteiger partial charge in [-0.25, -0.2) is 0 Å². The quantitative estimate of drug-likeness (QED) is 0.511. The van der Waals surface area contributed by atoms with E-state index in [4.69, 9.17) is 4.99 Å². The summed E-state index contributed by atoms with van der Waals surface area (Å²) >= 11 is 0. The van der Waals surface area contributed by atoms with Gasteiger partial charge in [0, 0.05) is 24.7 Å². The van der Waals surface area contributed by atoms with Crippen molar-refractivity contribution in [2.45, 2.75) is 52.6 Å². The van der Waals surface area contributed by atoms with Crippen molar-refractivity contribution in [3.8, 4) is 0 Å². The van der Waals surface area contributed by atoms with Crippen molar-refractivity contribution >= 4 is 5.96 Å². The molecule has 0 amide bonds. The van der Waals surface area contributed by atoms with E-state index in [-0.39, 0.29) is 5.54 Å². The lowest BCUT2D eigenvalue weighted by Gasteiger charge is -2.29. The minimum Gasteiger partial charge on any atom is -0.357 e. The van der Waals surface area contributed by atoms with Crippen molar-refractivity contribution in [3.05, 3.63) is 35.9 Å². The maximum Gasteiger partial charge on any atom is 0.191 e. The molecule has 0 aliphatic carbocycles. The van der Waals surface area contributed by atoms with Gasteiger partial charge in [-0.3, -0.25) is 4.99 Å². The Balaban J connectivity index is 2.60. The van der Waals surface area contributed by atoms with E-state index in [9.17, 15) is 0 Å². The Morgan fingerprint density at radius 2 is 1.82 bits per heavy atom. The number of nitrogens with zero attached hydrogens (tertiary/aromatic N) is 1. The largest absolute Gasteiger partial charge is 0.357 e. The first-order valence-electron chi connectivity index (χ1n) is 8.33. The summed E-state index contributed by atoms with van der Waals surface area (Å²) in [7, 11) is 0. The number of rotatable bonds is 8. The summed E-state index contributed by atoms with van der Waals surface area (Å²) in [4.78, 5) is 4.70. The molecule has 1 aromatic carbocycles. The summed E-state index contributed by atoms with van der Waals surface area (Å²) < 4.78 is 0. The molecule has 1 unspecified atom stereocenters. The summed E-state index contributed by atoms with van der Waals surface area (Å²) in [6, 6.07) is 10.8. The van der Waals surface area contributed by atoms with Crippen LogP contribution >= 0.6 is 0 Å². The Hall–Kier alpha value is -1.55. The molecule has 0 fully saturated rings. The van der Waals surface area contributed by atoms with Crippen LogP contribution in [0.3, 0.4) is 0 Å².